The van der Waals surface area contributed by atoms with Crippen molar-refractivity contribution < 1.29 is 4.79 Å². The highest BCUT2D eigenvalue weighted by atomic mass is 32.1. The van der Waals surface area contributed by atoms with E-state index < -0.39 is 0 Å². The number of anilines is 1. The second-order valence-electron chi connectivity index (χ2n) is 6.62. The molecule has 0 aliphatic carbocycles. The summed E-state index contributed by atoms with van der Waals surface area (Å²) in [5.41, 5.74) is 1.17. The maximum absolute atomic E-state index is 12.7. The van der Waals surface area contributed by atoms with E-state index in [1.807, 2.05) is 17.2 Å². The van der Waals surface area contributed by atoms with Crippen LogP contribution in [0, 0.1) is 0 Å². The molecule has 2 amide bonds. The summed E-state index contributed by atoms with van der Waals surface area (Å²) in [4.78, 5) is 18.7. The van der Waals surface area contributed by atoms with Gasteiger partial charge in [0.1, 0.15) is 5.01 Å². The third kappa shape index (κ3) is 4.54. The van der Waals surface area contributed by atoms with Crippen molar-refractivity contribution >= 4 is 22.5 Å². The molecule has 1 aliphatic heterocycles. The summed E-state index contributed by atoms with van der Waals surface area (Å²) in [6.07, 6.45) is 8.75. The molecule has 1 saturated heterocycles. The van der Waals surface area contributed by atoms with Crippen LogP contribution in [0.25, 0.3) is 0 Å². The fourth-order valence-electron chi connectivity index (χ4n) is 3.31. The Bertz CT molecular complexity index is 690. The number of nitrogens with one attached hydrogen (secondary N) is 1. The molecule has 2 aromatic rings. The van der Waals surface area contributed by atoms with Gasteiger partial charge in [0.15, 0.2) is 0 Å². The predicted molar refractivity (Wildman–Crippen MR) is 99.9 cm³/mol. The van der Waals surface area contributed by atoms with Gasteiger partial charge in [0.05, 0.1) is 0 Å². The number of amides is 2. The first-order valence-corrected chi connectivity index (χ1v) is 9.79. The van der Waals surface area contributed by atoms with Crippen LogP contribution in [-0.4, -0.2) is 38.7 Å². The van der Waals surface area contributed by atoms with E-state index in [1.54, 1.807) is 6.20 Å². The zero-order valence-electron chi connectivity index (χ0n) is 14.8. The van der Waals surface area contributed by atoms with Gasteiger partial charge < -0.3 is 4.90 Å². The molecule has 0 unspecified atom stereocenters. The summed E-state index contributed by atoms with van der Waals surface area (Å²) in [7, 11) is 0. The van der Waals surface area contributed by atoms with E-state index >= 15 is 0 Å². The Balaban J connectivity index is 1.60. The lowest BCUT2D eigenvalue weighted by molar-refractivity contribution is 0.206. The Labute approximate surface area is 152 Å². The molecule has 134 valence electrons. The van der Waals surface area contributed by atoms with Gasteiger partial charge in [-0.2, -0.15) is 0 Å². The highest BCUT2D eigenvalue weighted by Crippen LogP contribution is 2.27. The molecule has 0 radical (unpaired) electrons. The number of carbonyl (C=O) groups is 1. The molecular formula is C18H25N5OS. The highest BCUT2D eigenvalue weighted by Gasteiger charge is 2.29. The number of urea groups is 1. The molecule has 0 aromatic carbocycles. The van der Waals surface area contributed by atoms with E-state index in [4.69, 9.17) is 0 Å². The summed E-state index contributed by atoms with van der Waals surface area (Å²) >= 11 is 1.48. The lowest BCUT2D eigenvalue weighted by Crippen LogP contribution is -2.39. The van der Waals surface area contributed by atoms with Crippen LogP contribution in [0.2, 0.25) is 0 Å². The SMILES string of the molecule is CCC[C@@H](C)c1nnc(NC(=O)N2CCC[C@H]2Cc2cccnc2)s1. The Morgan fingerprint density at radius 1 is 1.48 bits per heavy atom. The van der Waals surface area contributed by atoms with E-state index in [1.165, 1.54) is 16.9 Å². The number of hydrogen-bond acceptors (Lipinski definition) is 5. The quantitative estimate of drug-likeness (QED) is 0.844. The lowest BCUT2D eigenvalue weighted by atomic mass is 10.1. The third-order valence-corrected chi connectivity index (χ3v) is 5.70. The molecule has 1 N–H and O–H groups in total. The maximum Gasteiger partial charge on any atom is 0.323 e. The van der Waals surface area contributed by atoms with Gasteiger partial charge in [-0.15, -0.1) is 10.2 Å². The molecule has 7 heteroatoms. The van der Waals surface area contributed by atoms with Crippen LogP contribution in [0.5, 0.6) is 0 Å². The Hall–Kier alpha value is -2.02. The highest BCUT2D eigenvalue weighted by molar-refractivity contribution is 7.15. The van der Waals surface area contributed by atoms with Crippen molar-refractivity contribution in [3.8, 4) is 0 Å². The van der Waals surface area contributed by atoms with Crippen LogP contribution in [0.3, 0.4) is 0 Å². The molecule has 3 heterocycles. The summed E-state index contributed by atoms with van der Waals surface area (Å²) in [6.45, 7) is 5.10. The van der Waals surface area contributed by atoms with E-state index in [-0.39, 0.29) is 12.1 Å². The van der Waals surface area contributed by atoms with Gasteiger partial charge in [0.25, 0.3) is 0 Å². The van der Waals surface area contributed by atoms with Crippen molar-refractivity contribution in [2.75, 3.05) is 11.9 Å². The van der Waals surface area contributed by atoms with Gasteiger partial charge in [0, 0.05) is 30.9 Å². The van der Waals surface area contributed by atoms with E-state index in [2.05, 4.69) is 40.4 Å². The lowest BCUT2D eigenvalue weighted by Gasteiger charge is -2.24. The Morgan fingerprint density at radius 2 is 2.36 bits per heavy atom. The monoisotopic (exact) mass is 359 g/mol. The zero-order valence-corrected chi connectivity index (χ0v) is 15.6. The molecule has 25 heavy (non-hydrogen) atoms. The summed E-state index contributed by atoms with van der Waals surface area (Å²) in [5.74, 6) is 0.387. The van der Waals surface area contributed by atoms with Crippen molar-refractivity contribution in [1.82, 2.24) is 20.1 Å². The standard InChI is InChI=1S/C18H25N5OS/c1-3-6-13(2)16-21-22-17(25-16)20-18(24)23-10-5-8-15(23)11-14-7-4-9-19-12-14/h4,7,9,12-13,15H,3,5-6,8,10-11H2,1-2H3,(H,20,22,24)/t13-,15+/m1/s1. The van der Waals surface area contributed by atoms with Crippen molar-refractivity contribution in [3.05, 3.63) is 35.1 Å². The second kappa shape index (κ2) is 8.38. The number of rotatable bonds is 6. The minimum absolute atomic E-state index is 0.0720. The van der Waals surface area contributed by atoms with Gasteiger partial charge >= 0.3 is 6.03 Å². The molecule has 3 rings (SSSR count). The molecule has 1 fully saturated rings. The smallest absolute Gasteiger partial charge is 0.321 e. The van der Waals surface area contributed by atoms with Crippen LogP contribution in [-0.2, 0) is 6.42 Å². The first-order valence-electron chi connectivity index (χ1n) is 8.97. The molecule has 2 atom stereocenters. The van der Waals surface area contributed by atoms with Crippen molar-refractivity contribution in [2.45, 2.75) is 57.9 Å². The fourth-order valence-corrected chi connectivity index (χ4v) is 4.13. The van der Waals surface area contributed by atoms with E-state index in [0.29, 0.717) is 11.0 Å². The average Bonchev–Trinajstić information content (AvgIpc) is 3.25. The topological polar surface area (TPSA) is 71.0 Å². The van der Waals surface area contributed by atoms with Gasteiger partial charge in [-0.05, 0) is 37.3 Å². The number of likely N-dealkylation sites (tertiary alicyclic amines) is 1. The van der Waals surface area contributed by atoms with Gasteiger partial charge in [-0.1, -0.05) is 37.7 Å². The van der Waals surface area contributed by atoms with Crippen LogP contribution >= 0.6 is 11.3 Å². The van der Waals surface area contributed by atoms with Crippen LogP contribution < -0.4 is 5.32 Å². The summed E-state index contributed by atoms with van der Waals surface area (Å²) < 4.78 is 0. The molecule has 6 nitrogen and oxygen atoms in total. The minimum Gasteiger partial charge on any atom is -0.321 e. The molecular weight excluding hydrogens is 334 g/mol. The number of pyridine rings is 1. The van der Waals surface area contributed by atoms with Crippen LogP contribution in [0.1, 0.15) is 56.0 Å². The number of nitrogens with zero attached hydrogens (tertiary/aromatic N) is 4. The van der Waals surface area contributed by atoms with Gasteiger partial charge in [0.2, 0.25) is 5.13 Å². The molecule has 2 aromatic heterocycles. The maximum atomic E-state index is 12.7. The van der Waals surface area contributed by atoms with E-state index in [9.17, 15) is 4.79 Å². The van der Waals surface area contributed by atoms with Crippen molar-refractivity contribution in [2.24, 2.45) is 0 Å². The normalized spacial score (nSPS) is 18.3. The number of hydrogen-bond donors (Lipinski definition) is 1. The Kier molecular flexibility index (Phi) is 5.96. The molecule has 0 bridgehead atoms. The van der Waals surface area contributed by atoms with Crippen molar-refractivity contribution in [3.63, 3.8) is 0 Å². The minimum atomic E-state index is -0.0720. The molecule has 1 aliphatic rings. The average molecular weight is 359 g/mol. The second-order valence-corrected chi connectivity index (χ2v) is 7.63. The zero-order chi connectivity index (χ0) is 17.6. The van der Waals surface area contributed by atoms with Crippen LogP contribution in [0.15, 0.2) is 24.5 Å². The van der Waals surface area contributed by atoms with Gasteiger partial charge in [-0.25, -0.2) is 4.79 Å². The van der Waals surface area contributed by atoms with Crippen LogP contribution in [0.4, 0.5) is 9.93 Å². The molecule has 0 spiro atoms. The third-order valence-electron chi connectivity index (χ3n) is 4.63. The largest absolute Gasteiger partial charge is 0.323 e. The summed E-state index contributed by atoms with van der Waals surface area (Å²) in [5, 5.41) is 12.9. The first-order chi connectivity index (χ1) is 12.2. The predicted octanol–water partition coefficient (Wildman–Crippen LogP) is 4.08. The van der Waals surface area contributed by atoms with Gasteiger partial charge in [-0.3, -0.25) is 10.3 Å². The first kappa shape index (κ1) is 17.8. The number of aromatic nitrogens is 3. The Morgan fingerprint density at radius 3 is 3.12 bits per heavy atom. The van der Waals surface area contributed by atoms with Crippen molar-refractivity contribution in [1.29, 1.82) is 0 Å². The fraction of sp³-hybridized carbons (Fsp3) is 0.556. The molecule has 0 saturated carbocycles. The number of carbonyl (C=O) groups excluding carboxylic acids is 1. The summed E-state index contributed by atoms with van der Waals surface area (Å²) in [6, 6.07) is 4.15. The van der Waals surface area contributed by atoms with E-state index in [0.717, 1.165) is 43.7 Å².